The molecule has 0 unspecified atom stereocenters. The van der Waals surface area contributed by atoms with Gasteiger partial charge in [-0.15, -0.1) is 0 Å². The van der Waals surface area contributed by atoms with Crippen molar-refractivity contribution < 1.29 is 8.98 Å². The van der Waals surface area contributed by atoms with E-state index < -0.39 is 0 Å². The molecular formula is C27H20NO+. The van der Waals surface area contributed by atoms with Crippen molar-refractivity contribution in [1.82, 2.24) is 0 Å². The number of hydrogen-bond acceptors (Lipinski definition) is 1. The molecule has 2 heteroatoms. The molecule has 6 aromatic rings. The van der Waals surface area contributed by atoms with E-state index >= 15 is 0 Å². The first-order valence-electron chi connectivity index (χ1n) is 9.96. The third kappa shape index (κ3) is 2.26. The molecule has 6 rings (SSSR count). The fourth-order valence-electron chi connectivity index (χ4n) is 4.55. The third-order valence-corrected chi connectivity index (χ3v) is 6.01. The Bertz CT molecular complexity index is 1570. The third-order valence-electron chi connectivity index (χ3n) is 6.01. The number of benzene rings is 4. The van der Waals surface area contributed by atoms with E-state index in [0.29, 0.717) is 0 Å². The second-order valence-electron chi connectivity index (χ2n) is 7.75. The number of nitrogens with zero attached hydrogens (tertiary/aromatic N) is 1. The van der Waals surface area contributed by atoms with Crippen molar-refractivity contribution in [3.8, 4) is 5.69 Å². The molecule has 0 bridgehead atoms. The summed E-state index contributed by atoms with van der Waals surface area (Å²) in [7, 11) is 0. The van der Waals surface area contributed by atoms with Gasteiger partial charge in [-0.25, -0.2) is 0 Å². The molecule has 2 heterocycles. The molecule has 29 heavy (non-hydrogen) atoms. The van der Waals surface area contributed by atoms with E-state index in [9.17, 15) is 0 Å². The minimum Gasteiger partial charge on any atom is -0.448 e. The van der Waals surface area contributed by atoms with E-state index in [1.165, 1.54) is 32.8 Å². The van der Waals surface area contributed by atoms with Crippen LogP contribution in [0.5, 0.6) is 0 Å². The summed E-state index contributed by atoms with van der Waals surface area (Å²) in [5.74, 6) is 0. The summed E-state index contributed by atoms with van der Waals surface area (Å²) >= 11 is 0. The molecule has 0 spiro atoms. The number of hydrogen-bond donors (Lipinski definition) is 0. The minimum absolute atomic E-state index is 0.944. The number of aromatic nitrogens is 1. The number of aryl methyl sites for hydroxylation is 2. The topological polar surface area (TPSA) is 17.0 Å². The molecule has 2 aromatic heterocycles. The van der Waals surface area contributed by atoms with E-state index in [1.54, 1.807) is 0 Å². The van der Waals surface area contributed by atoms with E-state index in [0.717, 1.165) is 27.6 Å². The molecule has 0 aliphatic heterocycles. The van der Waals surface area contributed by atoms with Crippen LogP contribution in [-0.2, 0) is 0 Å². The first-order chi connectivity index (χ1) is 14.2. The molecule has 4 aromatic carbocycles. The highest BCUT2D eigenvalue weighted by Gasteiger charge is 2.22. The van der Waals surface area contributed by atoms with E-state index in [2.05, 4.69) is 103 Å². The SMILES string of the molecule is Cc1ccc2c(oc3c2ccc2c4ccccc4ccc23)c1-[n+]1ccccc1C. The van der Waals surface area contributed by atoms with Crippen molar-refractivity contribution in [3.63, 3.8) is 0 Å². The smallest absolute Gasteiger partial charge is 0.257 e. The summed E-state index contributed by atoms with van der Waals surface area (Å²) < 4.78 is 8.84. The molecule has 0 atom stereocenters. The summed E-state index contributed by atoms with van der Waals surface area (Å²) in [6.45, 7) is 4.27. The summed E-state index contributed by atoms with van der Waals surface area (Å²) in [6.07, 6.45) is 2.11. The van der Waals surface area contributed by atoms with Crippen LogP contribution in [0.3, 0.4) is 0 Å². The summed E-state index contributed by atoms with van der Waals surface area (Å²) in [5, 5.41) is 7.23. The highest BCUT2D eigenvalue weighted by molar-refractivity contribution is 6.21. The first kappa shape index (κ1) is 16.3. The molecule has 2 nitrogen and oxygen atoms in total. The molecule has 0 radical (unpaired) electrons. The molecule has 0 amide bonds. The molecule has 138 valence electrons. The van der Waals surface area contributed by atoms with Gasteiger partial charge in [0.15, 0.2) is 11.9 Å². The Morgan fingerprint density at radius 1 is 0.586 bits per heavy atom. The molecule has 0 saturated heterocycles. The fourth-order valence-corrected chi connectivity index (χ4v) is 4.55. The number of rotatable bonds is 1. The van der Waals surface area contributed by atoms with Crippen LogP contribution in [0.1, 0.15) is 11.3 Å². The zero-order valence-corrected chi connectivity index (χ0v) is 16.4. The number of furan rings is 1. The molecule has 0 fully saturated rings. The minimum atomic E-state index is 0.944. The van der Waals surface area contributed by atoms with Gasteiger partial charge in [0.05, 0.1) is 0 Å². The van der Waals surface area contributed by atoms with Gasteiger partial charge in [-0.2, -0.15) is 4.57 Å². The average molecular weight is 374 g/mol. The Morgan fingerprint density at radius 2 is 1.28 bits per heavy atom. The zero-order valence-electron chi connectivity index (χ0n) is 16.4. The van der Waals surface area contributed by atoms with Crippen LogP contribution in [0.2, 0.25) is 0 Å². The average Bonchev–Trinajstić information content (AvgIpc) is 3.13. The van der Waals surface area contributed by atoms with Crippen molar-refractivity contribution in [2.24, 2.45) is 0 Å². The largest absolute Gasteiger partial charge is 0.448 e. The van der Waals surface area contributed by atoms with Gasteiger partial charge >= 0.3 is 0 Å². The van der Waals surface area contributed by atoms with Gasteiger partial charge in [0, 0.05) is 40.8 Å². The molecule has 0 aliphatic rings. The molecule has 0 N–H and O–H groups in total. The Labute approximate surface area is 168 Å². The van der Waals surface area contributed by atoms with Crippen LogP contribution in [0, 0.1) is 13.8 Å². The molecular weight excluding hydrogens is 354 g/mol. The lowest BCUT2D eigenvalue weighted by Crippen LogP contribution is -2.34. The quantitative estimate of drug-likeness (QED) is 0.229. The zero-order chi connectivity index (χ0) is 19.5. The second-order valence-corrected chi connectivity index (χ2v) is 7.75. The maximum Gasteiger partial charge on any atom is 0.257 e. The summed E-state index contributed by atoms with van der Waals surface area (Å²) in [5.41, 5.74) is 5.40. The Kier molecular flexibility index (Phi) is 3.33. The van der Waals surface area contributed by atoms with Crippen molar-refractivity contribution in [2.75, 3.05) is 0 Å². The van der Waals surface area contributed by atoms with Gasteiger partial charge in [-0.3, -0.25) is 0 Å². The predicted molar refractivity (Wildman–Crippen MR) is 120 cm³/mol. The van der Waals surface area contributed by atoms with Crippen LogP contribution in [0.15, 0.2) is 89.5 Å². The van der Waals surface area contributed by atoms with Crippen LogP contribution in [0.25, 0.3) is 49.2 Å². The van der Waals surface area contributed by atoms with Gasteiger partial charge in [-0.05, 0) is 41.3 Å². The Balaban J connectivity index is 1.78. The highest BCUT2D eigenvalue weighted by atomic mass is 16.3. The molecule has 0 aliphatic carbocycles. The lowest BCUT2D eigenvalue weighted by molar-refractivity contribution is -0.602. The molecule has 0 saturated carbocycles. The van der Waals surface area contributed by atoms with Crippen LogP contribution < -0.4 is 4.57 Å². The summed E-state index contributed by atoms with van der Waals surface area (Å²) in [4.78, 5) is 0. The van der Waals surface area contributed by atoms with Crippen LogP contribution in [0.4, 0.5) is 0 Å². The lowest BCUT2D eigenvalue weighted by atomic mass is 9.99. The van der Waals surface area contributed by atoms with Crippen molar-refractivity contribution in [3.05, 3.63) is 96.3 Å². The second kappa shape index (κ2) is 5.92. The van der Waals surface area contributed by atoms with Crippen LogP contribution >= 0.6 is 0 Å². The van der Waals surface area contributed by atoms with E-state index in [1.807, 2.05) is 0 Å². The van der Waals surface area contributed by atoms with Gasteiger partial charge in [-0.1, -0.05) is 48.5 Å². The number of pyridine rings is 1. The maximum absolute atomic E-state index is 6.62. The number of fused-ring (bicyclic) bond motifs is 7. The van der Waals surface area contributed by atoms with Crippen LogP contribution in [-0.4, -0.2) is 0 Å². The lowest BCUT2D eigenvalue weighted by Gasteiger charge is -2.04. The Hall–Kier alpha value is -3.65. The fraction of sp³-hybridized carbons (Fsp3) is 0.0741. The predicted octanol–water partition coefficient (Wildman–Crippen LogP) is 6.79. The van der Waals surface area contributed by atoms with E-state index in [4.69, 9.17) is 4.42 Å². The van der Waals surface area contributed by atoms with Gasteiger partial charge in [0.25, 0.3) is 5.69 Å². The first-order valence-corrected chi connectivity index (χ1v) is 9.96. The maximum atomic E-state index is 6.62. The van der Waals surface area contributed by atoms with Gasteiger partial charge in [0.1, 0.15) is 5.58 Å². The van der Waals surface area contributed by atoms with Gasteiger partial charge < -0.3 is 4.42 Å². The van der Waals surface area contributed by atoms with Gasteiger partial charge in [0.2, 0.25) is 5.58 Å². The normalized spacial score (nSPS) is 11.8. The Morgan fingerprint density at radius 3 is 2.17 bits per heavy atom. The standard InChI is InChI=1S/C27H20NO/c1-17-10-12-24-23-15-14-21-20-9-4-3-8-19(20)11-13-22(21)26(23)29-27(24)25(17)28-16-6-5-7-18(28)2/h3-16H,1-2H3/q+1. The van der Waals surface area contributed by atoms with E-state index in [-0.39, 0.29) is 0 Å². The van der Waals surface area contributed by atoms with Crippen molar-refractivity contribution >= 4 is 43.5 Å². The van der Waals surface area contributed by atoms with Crippen molar-refractivity contribution in [2.45, 2.75) is 13.8 Å². The summed E-state index contributed by atoms with van der Waals surface area (Å²) in [6, 6.07) is 28.0. The monoisotopic (exact) mass is 374 g/mol. The highest BCUT2D eigenvalue weighted by Crippen LogP contribution is 2.38. The van der Waals surface area contributed by atoms with Crippen molar-refractivity contribution in [1.29, 1.82) is 0 Å².